The van der Waals surface area contributed by atoms with Gasteiger partial charge in [-0.25, -0.2) is 13.1 Å². The maximum atomic E-state index is 12.2. The Labute approximate surface area is 132 Å². The van der Waals surface area contributed by atoms with Crippen LogP contribution in [0.3, 0.4) is 0 Å². The highest BCUT2D eigenvalue weighted by molar-refractivity contribution is 7.99. The Hall–Kier alpha value is -0.570. The molecule has 0 spiro atoms. The highest BCUT2D eigenvalue weighted by Crippen LogP contribution is 2.10. The number of nitrogens with one attached hydrogen (secondary N) is 2. The number of thioether (sulfide) groups is 1. The molecule has 0 radical (unpaired) electrons. The molecule has 0 saturated heterocycles. The lowest BCUT2D eigenvalue weighted by Crippen LogP contribution is -2.32. The van der Waals surface area contributed by atoms with Crippen LogP contribution in [0.1, 0.15) is 26.7 Å². The number of rotatable bonds is 11. The molecule has 0 amide bonds. The zero-order chi connectivity index (χ0) is 15.7. The quantitative estimate of drug-likeness (QED) is 0.597. The minimum Gasteiger partial charge on any atom is -0.320 e. The Morgan fingerprint density at radius 1 is 1.48 bits per heavy atom. The third-order valence-electron chi connectivity index (χ3n) is 2.99. The maximum Gasteiger partial charge on any atom is 0.243 e. The monoisotopic (exact) mass is 334 g/mol. The summed E-state index contributed by atoms with van der Waals surface area (Å²) in [4.78, 5) is 0.238. The molecule has 0 fully saturated rings. The largest absolute Gasteiger partial charge is 0.320 e. The topological polar surface area (TPSA) is 76.0 Å². The van der Waals surface area contributed by atoms with Crippen LogP contribution < -0.4 is 10.0 Å². The highest BCUT2D eigenvalue weighted by Gasteiger charge is 2.19. The van der Waals surface area contributed by atoms with Crippen molar-refractivity contribution in [3.05, 3.63) is 12.4 Å². The first kappa shape index (κ1) is 18.5. The van der Waals surface area contributed by atoms with E-state index in [0.29, 0.717) is 6.54 Å². The highest BCUT2D eigenvalue weighted by atomic mass is 32.2. The van der Waals surface area contributed by atoms with Crippen LogP contribution in [0.25, 0.3) is 0 Å². The number of nitrogens with zero attached hydrogens (tertiary/aromatic N) is 2. The first-order valence-corrected chi connectivity index (χ1v) is 9.90. The van der Waals surface area contributed by atoms with Gasteiger partial charge in [-0.1, -0.05) is 6.92 Å². The van der Waals surface area contributed by atoms with Crippen molar-refractivity contribution < 1.29 is 8.42 Å². The van der Waals surface area contributed by atoms with Gasteiger partial charge in [0.25, 0.3) is 0 Å². The SMILES string of the molecule is CCSCCC(C)NS(=O)(=O)c1cnn(CCCNC)c1. The molecule has 1 heterocycles. The number of sulfonamides is 1. The zero-order valence-electron chi connectivity index (χ0n) is 13.0. The molecular weight excluding hydrogens is 308 g/mol. The van der Waals surface area contributed by atoms with E-state index in [0.717, 1.165) is 30.9 Å². The molecule has 122 valence electrons. The first-order chi connectivity index (χ1) is 9.99. The summed E-state index contributed by atoms with van der Waals surface area (Å²) >= 11 is 1.82. The van der Waals surface area contributed by atoms with E-state index in [2.05, 4.69) is 22.1 Å². The second-order valence-electron chi connectivity index (χ2n) is 4.90. The third kappa shape index (κ3) is 6.82. The molecule has 21 heavy (non-hydrogen) atoms. The predicted octanol–water partition coefficient (Wildman–Crippen LogP) is 1.30. The lowest BCUT2D eigenvalue weighted by atomic mass is 10.3. The predicted molar refractivity (Wildman–Crippen MR) is 88.2 cm³/mol. The molecule has 0 aliphatic carbocycles. The Kier molecular flexibility index (Phi) is 8.31. The van der Waals surface area contributed by atoms with Crippen LogP contribution in [0, 0.1) is 0 Å². The van der Waals surface area contributed by atoms with Crippen LogP contribution in [0.15, 0.2) is 17.3 Å². The third-order valence-corrected chi connectivity index (χ3v) is 5.47. The van der Waals surface area contributed by atoms with Gasteiger partial charge >= 0.3 is 0 Å². The fraction of sp³-hybridized carbons (Fsp3) is 0.769. The van der Waals surface area contributed by atoms with Gasteiger partial charge in [-0.15, -0.1) is 0 Å². The minimum atomic E-state index is -3.46. The van der Waals surface area contributed by atoms with E-state index in [9.17, 15) is 8.42 Å². The van der Waals surface area contributed by atoms with Crippen LogP contribution in [-0.2, 0) is 16.6 Å². The molecule has 8 heteroatoms. The number of hydrogen-bond donors (Lipinski definition) is 2. The summed E-state index contributed by atoms with van der Waals surface area (Å²) in [5, 5.41) is 7.15. The van der Waals surface area contributed by atoms with Crippen LogP contribution in [0.5, 0.6) is 0 Å². The van der Waals surface area contributed by atoms with Gasteiger partial charge in [0.15, 0.2) is 0 Å². The molecule has 0 aliphatic heterocycles. The summed E-state index contributed by atoms with van der Waals surface area (Å²) in [6, 6.07) is -0.0679. The lowest BCUT2D eigenvalue weighted by molar-refractivity contribution is 0.553. The average molecular weight is 335 g/mol. The molecule has 0 bridgehead atoms. The van der Waals surface area contributed by atoms with Gasteiger partial charge in [-0.05, 0) is 44.9 Å². The van der Waals surface area contributed by atoms with Crippen LogP contribution in [-0.4, -0.2) is 49.3 Å². The van der Waals surface area contributed by atoms with E-state index >= 15 is 0 Å². The van der Waals surface area contributed by atoms with E-state index in [-0.39, 0.29) is 10.9 Å². The van der Waals surface area contributed by atoms with Gasteiger partial charge < -0.3 is 5.32 Å². The Balaban J connectivity index is 2.53. The minimum absolute atomic E-state index is 0.0679. The summed E-state index contributed by atoms with van der Waals surface area (Å²) in [5.74, 6) is 2.02. The van der Waals surface area contributed by atoms with Crippen molar-refractivity contribution in [3.63, 3.8) is 0 Å². The second-order valence-corrected chi connectivity index (χ2v) is 8.01. The summed E-state index contributed by atoms with van der Waals surface area (Å²) in [6.07, 6.45) is 4.74. The van der Waals surface area contributed by atoms with Gasteiger partial charge in [0.05, 0.1) is 6.20 Å². The fourth-order valence-corrected chi connectivity index (χ4v) is 3.86. The summed E-state index contributed by atoms with van der Waals surface area (Å²) in [5.41, 5.74) is 0. The Morgan fingerprint density at radius 3 is 2.90 bits per heavy atom. The average Bonchev–Trinajstić information content (AvgIpc) is 2.88. The summed E-state index contributed by atoms with van der Waals surface area (Å²) in [7, 11) is -1.57. The van der Waals surface area contributed by atoms with Gasteiger partial charge in [0.2, 0.25) is 10.0 Å². The van der Waals surface area contributed by atoms with Crippen molar-refractivity contribution in [2.45, 2.75) is 44.2 Å². The number of aromatic nitrogens is 2. The Bertz CT molecular complexity index is 502. The van der Waals surface area contributed by atoms with Crippen molar-refractivity contribution in [1.29, 1.82) is 0 Å². The normalized spacial score (nSPS) is 13.5. The standard InChI is InChI=1S/C13H26N4O2S2/c1-4-20-9-6-12(2)16-21(18,19)13-10-15-17(11-13)8-5-7-14-3/h10-12,14,16H,4-9H2,1-3H3. The van der Waals surface area contributed by atoms with Gasteiger partial charge in [-0.2, -0.15) is 16.9 Å². The van der Waals surface area contributed by atoms with E-state index in [1.165, 1.54) is 6.20 Å². The van der Waals surface area contributed by atoms with E-state index in [1.54, 1.807) is 10.9 Å². The van der Waals surface area contributed by atoms with Crippen LogP contribution >= 0.6 is 11.8 Å². The molecule has 2 N–H and O–H groups in total. The van der Waals surface area contributed by atoms with Crippen molar-refractivity contribution in [3.8, 4) is 0 Å². The van der Waals surface area contributed by atoms with Crippen LogP contribution in [0.4, 0.5) is 0 Å². The van der Waals surface area contributed by atoms with E-state index in [1.807, 2.05) is 25.7 Å². The van der Waals surface area contributed by atoms with Gasteiger partial charge in [-0.3, -0.25) is 4.68 Å². The van der Waals surface area contributed by atoms with Crippen molar-refractivity contribution in [2.75, 3.05) is 25.1 Å². The smallest absolute Gasteiger partial charge is 0.243 e. The van der Waals surface area contributed by atoms with E-state index in [4.69, 9.17) is 0 Å². The maximum absolute atomic E-state index is 12.2. The van der Waals surface area contributed by atoms with Crippen LogP contribution in [0.2, 0.25) is 0 Å². The molecule has 1 aromatic heterocycles. The fourth-order valence-electron chi connectivity index (χ4n) is 1.82. The number of aryl methyl sites for hydroxylation is 1. The molecule has 1 atom stereocenters. The van der Waals surface area contributed by atoms with Gasteiger partial charge in [0, 0.05) is 18.8 Å². The molecule has 1 unspecified atom stereocenters. The zero-order valence-corrected chi connectivity index (χ0v) is 14.6. The molecule has 0 aromatic carbocycles. The number of hydrogen-bond acceptors (Lipinski definition) is 5. The summed E-state index contributed by atoms with van der Waals surface area (Å²) < 4.78 is 28.8. The molecule has 1 aromatic rings. The second kappa shape index (κ2) is 9.45. The first-order valence-electron chi connectivity index (χ1n) is 7.26. The van der Waals surface area contributed by atoms with Gasteiger partial charge in [0.1, 0.15) is 4.90 Å². The Morgan fingerprint density at radius 2 is 2.24 bits per heavy atom. The summed E-state index contributed by atoms with van der Waals surface area (Å²) in [6.45, 7) is 5.58. The molecular formula is C13H26N4O2S2. The van der Waals surface area contributed by atoms with E-state index < -0.39 is 10.0 Å². The van der Waals surface area contributed by atoms with Crippen molar-refractivity contribution in [2.24, 2.45) is 0 Å². The molecule has 0 saturated carbocycles. The molecule has 1 rings (SSSR count). The van der Waals surface area contributed by atoms with Crippen molar-refractivity contribution >= 4 is 21.8 Å². The van der Waals surface area contributed by atoms with Crippen molar-refractivity contribution in [1.82, 2.24) is 19.8 Å². The molecule has 0 aliphatic rings. The molecule has 6 nitrogen and oxygen atoms in total. The lowest BCUT2D eigenvalue weighted by Gasteiger charge is -2.12.